The number of rotatable bonds is 3. The quantitative estimate of drug-likeness (QED) is 0.871. The zero-order valence-electron chi connectivity index (χ0n) is 10.8. The minimum Gasteiger partial charge on any atom is -0.384 e. The first-order valence-corrected chi connectivity index (χ1v) is 7.21. The molecule has 1 fully saturated rings. The highest BCUT2D eigenvalue weighted by Crippen LogP contribution is 2.29. The van der Waals surface area contributed by atoms with Gasteiger partial charge in [0.25, 0.3) is 0 Å². The van der Waals surface area contributed by atoms with Crippen LogP contribution >= 0.6 is 15.9 Å². The zero-order valence-corrected chi connectivity index (χ0v) is 12.4. The van der Waals surface area contributed by atoms with Crippen LogP contribution in [0, 0.1) is 5.92 Å². The van der Waals surface area contributed by atoms with E-state index in [2.05, 4.69) is 36.9 Å². The van der Waals surface area contributed by atoms with Crippen molar-refractivity contribution in [3.63, 3.8) is 0 Å². The Kier molecular flexibility index (Phi) is 3.66. The molecule has 2 aromatic heterocycles. The molecule has 5 heteroatoms. The third kappa shape index (κ3) is 2.58. The van der Waals surface area contributed by atoms with Gasteiger partial charge in [0.15, 0.2) is 0 Å². The van der Waals surface area contributed by atoms with Gasteiger partial charge in [-0.1, -0.05) is 0 Å². The van der Waals surface area contributed by atoms with E-state index < -0.39 is 0 Å². The molecule has 0 spiro atoms. The largest absolute Gasteiger partial charge is 0.384 e. The van der Waals surface area contributed by atoms with E-state index in [1.54, 1.807) is 7.11 Å². The molecule has 0 N–H and O–H groups in total. The highest BCUT2D eigenvalue weighted by atomic mass is 79.9. The Morgan fingerprint density at radius 2 is 2.37 bits per heavy atom. The molecule has 2 aromatic rings. The summed E-state index contributed by atoms with van der Waals surface area (Å²) in [5, 5.41) is 0. The van der Waals surface area contributed by atoms with Crippen LogP contribution in [0.2, 0.25) is 0 Å². The van der Waals surface area contributed by atoms with Crippen LogP contribution in [0.15, 0.2) is 29.0 Å². The molecule has 1 unspecified atom stereocenters. The van der Waals surface area contributed by atoms with Gasteiger partial charge in [0.05, 0.1) is 17.8 Å². The number of halogens is 1. The molecule has 100 valence electrons. The smallest absolute Gasteiger partial charge is 0.112 e. The molecule has 3 rings (SSSR count). The summed E-state index contributed by atoms with van der Waals surface area (Å²) in [6.07, 6.45) is 4.86. The lowest BCUT2D eigenvalue weighted by Crippen LogP contribution is -2.21. The number of ether oxygens (including phenoxy) is 1. The molecule has 0 saturated carbocycles. The normalized spacial score (nSPS) is 19.3. The average Bonchev–Trinajstić information content (AvgIpc) is 2.86. The Morgan fingerprint density at radius 3 is 3.21 bits per heavy atom. The number of anilines is 1. The lowest BCUT2D eigenvalue weighted by atomic mass is 10.1. The standard InChI is InChI=1S/C14H16BrN3O/c1-19-9-10-3-5-18(8-10)13-2-4-16-12-6-11(15)7-17-14(12)13/h2,4,6-7,10H,3,5,8-9H2,1H3. The van der Waals surface area contributed by atoms with Gasteiger partial charge in [0, 0.05) is 43.0 Å². The third-order valence-electron chi connectivity index (χ3n) is 3.55. The maximum Gasteiger partial charge on any atom is 0.112 e. The van der Waals surface area contributed by atoms with Gasteiger partial charge in [-0.05, 0) is 34.5 Å². The summed E-state index contributed by atoms with van der Waals surface area (Å²) in [5.74, 6) is 0.615. The van der Waals surface area contributed by atoms with Crippen LogP contribution in [-0.2, 0) is 4.74 Å². The molecule has 0 radical (unpaired) electrons. The van der Waals surface area contributed by atoms with Gasteiger partial charge in [-0.25, -0.2) is 0 Å². The monoisotopic (exact) mass is 321 g/mol. The molecule has 1 saturated heterocycles. The maximum atomic E-state index is 5.25. The number of hydrogen-bond donors (Lipinski definition) is 0. The number of nitrogens with zero attached hydrogens (tertiary/aromatic N) is 3. The Balaban J connectivity index is 1.93. The van der Waals surface area contributed by atoms with Crippen molar-refractivity contribution in [2.24, 2.45) is 5.92 Å². The molecule has 3 heterocycles. The number of fused-ring (bicyclic) bond motifs is 1. The van der Waals surface area contributed by atoms with E-state index in [0.29, 0.717) is 5.92 Å². The van der Waals surface area contributed by atoms with Gasteiger partial charge in [0.1, 0.15) is 5.52 Å². The van der Waals surface area contributed by atoms with Crippen LogP contribution in [0.5, 0.6) is 0 Å². The van der Waals surface area contributed by atoms with Gasteiger partial charge >= 0.3 is 0 Å². The Hall–Kier alpha value is -1.20. The van der Waals surface area contributed by atoms with Crippen LogP contribution < -0.4 is 4.90 Å². The summed E-state index contributed by atoms with van der Waals surface area (Å²) in [5.41, 5.74) is 3.09. The summed E-state index contributed by atoms with van der Waals surface area (Å²) < 4.78 is 6.21. The van der Waals surface area contributed by atoms with Gasteiger partial charge in [-0.15, -0.1) is 0 Å². The Bertz CT molecular complexity index is 590. The van der Waals surface area contributed by atoms with Crippen LogP contribution in [0.3, 0.4) is 0 Å². The van der Waals surface area contributed by atoms with Crippen LogP contribution in [0.25, 0.3) is 11.0 Å². The second-order valence-electron chi connectivity index (χ2n) is 4.91. The van der Waals surface area contributed by atoms with E-state index in [-0.39, 0.29) is 0 Å². The molecular weight excluding hydrogens is 306 g/mol. The summed E-state index contributed by atoms with van der Waals surface area (Å²) >= 11 is 3.44. The van der Waals surface area contributed by atoms with E-state index in [4.69, 9.17) is 4.74 Å². The first kappa shape index (κ1) is 12.8. The van der Waals surface area contributed by atoms with Crippen molar-refractivity contribution in [1.29, 1.82) is 0 Å². The van der Waals surface area contributed by atoms with Crippen molar-refractivity contribution in [2.75, 3.05) is 31.7 Å². The molecule has 1 aliphatic heterocycles. The molecule has 0 amide bonds. The Labute approximate surface area is 120 Å². The molecule has 1 atom stereocenters. The lowest BCUT2D eigenvalue weighted by molar-refractivity contribution is 0.161. The van der Waals surface area contributed by atoms with Crippen molar-refractivity contribution in [3.8, 4) is 0 Å². The predicted molar refractivity (Wildman–Crippen MR) is 79.4 cm³/mol. The predicted octanol–water partition coefficient (Wildman–Crippen LogP) is 2.87. The SMILES string of the molecule is COCC1CCN(c2ccnc3cc(Br)cnc23)C1. The number of hydrogen-bond acceptors (Lipinski definition) is 4. The van der Waals surface area contributed by atoms with Crippen molar-refractivity contribution < 1.29 is 4.74 Å². The summed E-state index contributed by atoms with van der Waals surface area (Å²) in [6, 6.07) is 4.06. The van der Waals surface area contributed by atoms with Crippen molar-refractivity contribution >= 4 is 32.7 Å². The molecule has 1 aliphatic rings. The van der Waals surface area contributed by atoms with Crippen LogP contribution in [0.4, 0.5) is 5.69 Å². The van der Waals surface area contributed by atoms with Crippen LogP contribution in [-0.4, -0.2) is 36.8 Å². The van der Waals surface area contributed by atoms with E-state index >= 15 is 0 Å². The van der Waals surface area contributed by atoms with Gasteiger partial charge in [-0.2, -0.15) is 0 Å². The molecule has 19 heavy (non-hydrogen) atoms. The second-order valence-corrected chi connectivity index (χ2v) is 5.82. The van der Waals surface area contributed by atoms with Crippen molar-refractivity contribution in [1.82, 2.24) is 9.97 Å². The third-order valence-corrected chi connectivity index (χ3v) is 3.99. The van der Waals surface area contributed by atoms with E-state index in [9.17, 15) is 0 Å². The zero-order chi connectivity index (χ0) is 13.2. The molecule has 0 aromatic carbocycles. The van der Waals surface area contributed by atoms with Gasteiger partial charge in [0.2, 0.25) is 0 Å². The Morgan fingerprint density at radius 1 is 1.47 bits per heavy atom. The summed E-state index contributed by atoms with van der Waals surface area (Å²) in [4.78, 5) is 11.3. The van der Waals surface area contributed by atoms with E-state index in [1.165, 1.54) is 12.1 Å². The number of aromatic nitrogens is 2. The first-order valence-electron chi connectivity index (χ1n) is 6.42. The number of pyridine rings is 2. The van der Waals surface area contributed by atoms with Gasteiger partial charge in [-0.3, -0.25) is 9.97 Å². The maximum absolute atomic E-state index is 5.25. The van der Waals surface area contributed by atoms with Crippen molar-refractivity contribution in [3.05, 3.63) is 29.0 Å². The first-order chi connectivity index (χ1) is 9.28. The minimum atomic E-state index is 0.615. The molecule has 0 aliphatic carbocycles. The second kappa shape index (κ2) is 5.43. The fourth-order valence-corrected chi connectivity index (χ4v) is 2.99. The molecular formula is C14H16BrN3O. The summed E-state index contributed by atoms with van der Waals surface area (Å²) in [6.45, 7) is 2.92. The van der Waals surface area contributed by atoms with Gasteiger partial charge < -0.3 is 9.64 Å². The topological polar surface area (TPSA) is 38.2 Å². The average molecular weight is 322 g/mol. The van der Waals surface area contributed by atoms with Crippen molar-refractivity contribution in [2.45, 2.75) is 6.42 Å². The minimum absolute atomic E-state index is 0.615. The van der Waals surface area contributed by atoms with Crippen LogP contribution in [0.1, 0.15) is 6.42 Å². The molecule has 4 nitrogen and oxygen atoms in total. The lowest BCUT2D eigenvalue weighted by Gasteiger charge is -2.19. The fourth-order valence-electron chi connectivity index (χ4n) is 2.67. The van der Waals surface area contributed by atoms with E-state index in [0.717, 1.165) is 35.2 Å². The summed E-state index contributed by atoms with van der Waals surface area (Å²) in [7, 11) is 1.77. The highest BCUT2D eigenvalue weighted by Gasteiger charge is 2.24. The fraction of sp³-hybridized carbons (Fsp3) is 0.429. The highest BCUT2D eigenvalue weighted by molar-refractivity contribution is 9.10. The van der Waals surface area contributed by atoms with E-state index in [1.807, 2.05) is 18.5 Å². The molecule has 0 bridgehead atoms. The number of methoxy groups -OCH3 is 1.